The van der Waals surface area contributed by atoms with Crippen molar-refractivity contribution < 1.29 is 19.1 Å². The van der Waals surface area contributed by atoms with Crippen molar-refractivity contribution in [1.29, 1.82) is 0 Å². The summed E-state index contributed by atoms with van der Waals surface area (Å²) in [6, 6.07) is 15.8. The molecule has 0 saturated carbocycles. The number of benzene rings is 2. The molecule has 1 amide bonds. The molecule has 1 N–H and O–H groups in total. The zero-order valence-corrected chi connectivity index (χ0v) is 16.0. The molecule has 0 bridgehead atoms. The Morgan fingerprint density at radius 3 is 2.85 bits per heavy atom. The van der Waals surface area contributed by atoms with E-state index in [-0.39, 0.29) is 19.3 Å². The summed E-state index contributed by atoms with van der Waals surface area (Å²) < 4.78 is 10.6. The normalized spacial score (nSPS) is 12.7. The van der Waals surface area contributed by atoms with E-state index in [1.807, 2.05) is 43.3 Å². The SMILES string of the molecule is C/C(=N/OCC(=O)NCCSCc1ccccc1)c1ccc2c(c1)OCO2. The summed E-state index contributed by atoms with van der Waals surface area (Å²) in [6.45, 7) is 2.54. The van der Waals surface area contributed by atoms with Crippen LogP contribution in [0.25, 0.3) is 0 Å². The van der Waals surface area contributed by atoms with E-state index >= 15 is 0 Å². The van der Waals surface area contributed by atoms with Crippen LogP contribution in [-0.4, -0.2) is 37.3 Å². The highest BCUT2D eigenvalue weighted by Crippen LogP contribution is 2.32. The first kappa shape index (κ1) is 19.1. The monoisotopic (exact) mass is 386 g/mol. The van der Waals surface area contributed by atoms with Crippen LogP contribution in [0.1, 0.15) is 18.1 Å². The Hall–Kier alpha value is -2.67. The van der Waals surface area contributed by atoms with E-state index in [0.717, 1.165) is 22.8 Å². The average molecular weight is 386 g/mol. The maximum Gasteiger partial charge on any atom is 0.260 e. The second-order valence-corrected chi connectivity index (χ2v) is 7.01. The van der Waals surface area contributed by atoms with Gasteiger partial charge in [-0.05, 0) is 30.7 Å². The van der Waals surface area contributed by atoms with Gasteiger partial charge in [0.05, 0.1) is 5.71 Å². The number of thioether (sulfide) groups is 1. The van der Waals surface area contributed by atoms with E-state index in [9.17, 15) is 4.79 Å². The fraction of sp³-hybridized carbons (Fsp3) is 0.300. The van der Waals surface area contributed by atoms with Crippen LogP contribution in [0.5, 0.6) is 11.5 Å². The summed E-state index contributed by atoms with van der Waals surface area (Å²) in [5.74, 6) is 3.01. The van der Waals surface area contributed by atoms with Crippen LogP contribution in [0.4, 0.5) is 0 Å². The van der Waals surface area contributed by atoms with Crippen molar-refractivity contribution in [3.8, 4) is 11.5 Å². The Morgan fingerprint density at radius 1 is 1.19 bits per heavy atom. The minimum Gasteiger partial charge on any atom is -0.454 e. The standard InChI is InChI=1S/C20H22N2O4S/c1-15(17-7-8-18-19(11-17)25-14-24-18)22-26-12-20(23)21-9-10-27-13-16-5-3-2-4-6-16/h2-8,11H,9-10,12-14H2,1H3,(H,21,23)/b22-15-. The van der Waals surface area contributed by atoms with Crippen molar-refractivity contribution in [2.24, 2.45) is 5.16 Å². The molecule has 1 heterocycles. The Labute approximate surface area is 162 Å². The van der Waals surface area contributed by atoms with E-state index in [1.54, 1.807) is 11.8 Å². The lowest BCUT2D eigenvalue weighted by Crippen LogP contribution is -2.29. The number of carbonyl (C=O) groups excluding carboxylic acids is 1. The summed E-state index contributed by atoms with van der Waals surface area (Å²) >= 11 is 1.78. The maximum atomic E-state index is 11.8. The zero-order valence-electron chi connectivity index (χ0n) is 15.1. The minimum atomic E-state index is -0.183. The lowest BCUT2D eigenvalue weighted by atomic mass is 10.1. The van der Waals surface area contributed by atoms with Gasteiger partial charge in [0.1, 0.15) is 0 Å². The van der Waals surface area contributed by atoms with Crippen LogP contribution >= 0.6 is 11.8 Å². The molecule has 1 aliphatic rings. The predicted octanol–water partition coefficient (Wildman–Crippen LogP) is 3.21. The molecule has 142 valence electrons. The molecule has 0 aliphatic carbocycles. The van der Waals surface area contributed by atoms with Crippen molar-refractivity contribution >= 4 is 23.4 Å². The molecule has 27 heavy (non-hydrogen) atoms. The third kappa shape index (κ3) is 5.92. The second-order valence-electron chi connectivity index (χ2n) is 5.91. The molecule has 1 aliphatic heterocycles. The first-order valence-corrected chi connectivity index (χ1v) is 9.83. The molecule has 6 nitrogen and oxygen atoms in total. The van der Waals surface area contributed by atoms with Crippen LogP contribution in [0.2, 0.25) is 0 Å². The molecule has 0 atom stereocenters. The van der Waals surface area contributed by atoms with E-state index in [1.165, 1.54) is 5.56 Å². The van der Waals surface area contributed by atoms with E-state index in [2.05, 4.69) is 22.6 Å². The number of oxime groups is 1. The molecule has 0 saturated heterocycles. The van der Waals surface area contributed by atoms with Gasteiger partial charge in [-0.1, -0.05) is 35.5 Å². The number of amides is 1. The number of ether oxygens (including phenoxy) is 2. The largest absolute Gasteiger partial charge is 0.454 e. The highest BCUT2D eigenvalue weighted by molar-refractivity contribution is 7.98. The molecule has 0 aromatic heterocycles. The number of hydrogen-bond acceptors (Lipinski definition) is 6. The number of carbonyl (C=O) groups is 1. The van der Waals surface area contributed by atoms with E-state index in [4.69, 9.17) is 14.3 Å². The van der Waals surface area contributed by atoms with Crippen LogP contribution in [0, 0.1) is 0 Å². The van der Waals surface area contributed by atoms with Crippen LogP contribution in [0.15, 0.2) is 53.7 Å². The Kier molecular flexibility index (Phi) is 6.98. The maximum absolute atomic E-state index is 11.8. The quantitative estimate of drug-likeness (QED) is 0.407. The van der Waals surface area contributed by atoms with Gasteiger partial charge in [-0.25, -0.2) is 0 Å². The van der Waals surface area contributed by atoms with Crippen molar-refractivity contribution in [1.82, 2.24) is 5.32 Å². The summed E-state index contributed by atoms with van der Waals surface area (Å²) in [7, 11) is 0. The average Bonchev–Trinajstić information content (AvgIpc) is 3.16. The molecular formula is C20H22N2O4S. The first-order valence-electron chi connectivity index (χ1n) is 8.67. The van der Waals surface area contributed by atoms with Crippen molar-refractivity contribution in [3.63, 3.8) is 0 Å². The lowest BCUT2D eigenvalue weighted by Gasteiger charge is -2.06. The van der Waals surface area contributed by atoms with Gasteiger partial charge in [0.25, 0.3) is 5.91 Å². The number of fused-ring (bicyclic) bond motifs is 1. The van der Waals surface area contributed by atoms with E-state index in [0.29, 0.717) is 18.0 Å². The van der Waals surface area contributed by atoms with Gasteiger partial charge in [-0.15, -0.1) is 0 Å². The molecule has 0 radical (unpaired) electrons. The topological polar surface area (TPSA) is 69.2 Å². The smallest absolute Gasteiger partial charge is 0.260 e. The van der Waals surface area contributed by atoms with Gasteiger partial charge < -0.3 is 19.6 Å². The second kappa shape index (κ2) is 9.87. The fourth-order valence-electron chi connectivity index (χ4n) is 2.44. The fourth-order valence-corrected chi connectivity index (χ4v) is 3.26. The predicted molar refractivity (Wildman–Crippen MR) is 106 cm³/mol. The summed E-state index contributed by atoms with van der Waals surface area (Å²) in [5, 5.41) is 6.82. The van der Waals surface area contributed by atoms with Crippen molar-refractivity contribution in [2.75, 3.05) is 25.7 Å². The molecule has 2 aromatic carbocycles. The number of rotatable bonds is 9. The van der Waals surface area contributed by atoms with Gasteiger partial charge in [-0.2, -0.15) is 11.8 Å². The molecule has 0 unspecified atom stereocenters. The molecule has 3 rings (SSSR count). The molecule has 0 spiro atoms. The highest BCUT2D eigenvalue weighted by atomic mass is 32.2. The number of nitrogens with one attached hydrogen (secondary N) is 1. The molecule has 7 heteroatoms. The number of hydrogen-bond donors (Lipinski definition) is 1. The van der Waals surface area contributed by atoms with Crippen LogP contribution in [0.3, 0.4) is 0 Å². The summed E-state index contributed by atoms with van der Waals surface area (Å²) in [4.78, 5) is 17.0. The first-order chi connectivity index (χ1) is 13.2. The minimum absolute atomic E-state index is 0.106. The van der Waals surface area contributed by atoms with E-state index < -0.39 is 0 Å². The summed E-state index contributed by atoms with van der Waals surface area (Å²) in [5.41, 5.74) is 2.81. The van der Waals surface area contributed by atoms with Gasteiger partial charge >= 0.3 is 0 Å². The van der Waals surface area contributed by atoms with Crippen LogP contribution in [-0.2, 0) is 15.4 Å². The zero-order chi connectivity index (χ0) is 18.9. The third-order valence-corrected chi connectivity index (χ3v) is 4.90. The van der Waals surface area contributed by atoms with Gasteiger partial charge in [0.2, 0.25) is 6.79 Å². The number of nitrogens with zero attached hydrogens (tertiary/aromatic N) is 1. The third-order valence-electron chi connectivity index (χ3n) is 3.87. The van der Waals surface area contributed by atoms with Crippen molar-refractivity contribution in [2.45, 2.75) is 12.7 Å². The van der Waals surface area contributed by atoms with Gasteiger partial charge in [-0.3, -0.25) is 4.79 Å². The Morgan fingerprint density at radius 2 is 2.00 bits per heavy atom. The highest BCUT2D eigenvalue weighted by Gasteiger charge is 2.14. The lowest BCUT2D eigenvalue weighted by molar-refractivity contribution is -0.125. The van der Waals surface area contributed by atoms with Crippen LogP contribution < -0.4 is 14.8 Å². The van der Waals surface area contributed by atoms with Gasteiger partial charge in [0, 0.05) is 23.6 Å². The Bertz CT molecular complexity index is 796. The molecular weight excluding hydrogens is 364 g/mol. The van der Waals surface area contributed by atoms with Crippen molar-refractivity contribution in [3.05, 3.63) is 59.7 Å². The Balaban J connectivity index is 1.32. The molecule has 2 aromatic rings. The summed E-state index contributed by atoms with van der Waals surface area (Å²) in [6.07, 6.45) is 0. The van der Waals surface area contributed by atoms with Gasteiger partial charge in [0.15, 0.2) is 18.1 Å². The molecule has 0 fully saturated rings.